The van der Waals surface area contributed by atoms with E-state index >= 15 is 0 Å². The summed E-state index contributed by atoms with van der Waals surface area (Å²) in [6, 6.07) is 39.6. The van der Waals surface area contributed by atoms with E-state index in [0.717, 1.165) is 5.69 Å². The largest absolute Gasteiger partial charge is 0.325 e. The molecule has 33 heavy (non-hydrogen) atoms. The van der Waals surface area contributed by atoms with Gasteiger partial charge in [0.05, 0.1) is 21.1 Å². The Bertz CT molecular complexity index is 990. The van der Waals surface area contributed by atoms with Crippen molar-refractivity contribution in [2.45, 2.75) is 19.8 Å². The molecule has 0 heterocycles. The van der Waals surface area contributed by atoms with Gasteiger partial charge in [0.2, 0.25) is 0 Å². The van der Waals surface area contributed by atoms with Crippen LogP contribution in [0.5, 0.6) is 0 Å². The van der Waals surface area contributed by atoms with E-state index in [1.807, 2.05) is 24.3 Å². The third-order valence-corrected chi connectivity index (χ3v) is 5.44. The summed E-state index contributed by atoms with van der Waals surface area (Å²) in [6.07, 6.45) is 0. The molecule has 4 rings (SSSR count). The first-order valence-electron chi connectivity index (χ1n) is 11.6. The molecule has 3 heteroatoms. The fourth-order valence-corrected chi connectivity index (χ4v) is 3.41. The van der Waals surface area contributed by atoms with E-state index in [9.17, 15) is 0 Å². The number of nitrogens with one attached hydrogen (secondary N) is 2. The molecule has 0 aliphatic carbocycles. The Hall–Kier alpha value is -3.24. The second-order valence-electron chi connectivity index (χ2n) is 8.58. The molecule has 0 atom stereocenters. The molecule has 3 nitrogen and oxygen atoms in total. The van der Waals surface area contributed by atoms with Crippen LogP contribution in [0.25, 0.3) is 0 Å². The SMILES string of the molecule is CC(C)c1ccccc1[NH3+].C[NH+](C)c1ccccc1.C[NH+](c1ccccc1)c1ccccc1. The van der Waals surface area contributed by atoms with Crippen LogP contribution in [0.15, 0.2) is 115 Å². The summed E-state index contributed by atoms with van der Waals surface area (Å²) in [4.78, 5) is 2.70. The molecule has 0 fully saturated rings. The van der Waals surface area contributed by atoms with Gasteiger partial charge < -0.3 is 10.6 Å². The van der Waals surface area contributed by atoms with Gasteiger partial charge in [-0.1, -0.05) is 86.6 Å². The van der Waals surface area contributed by atoms with Crippen molar-refractivity contribution < 1.29 is 15.5 Å². The smallest absolute Gasteiger partial charge is 0.136 e. The summed E-state index contributed by atoms with van der Waals surface area (Å²) < 4.78 is 0. The maximum Gasteiger partial charge on any atom is 0.136 e. The molecule has 0 unspecified atom stereocenters. The lowest BCUT2D eigenvalue weighted by atomic mass is 10.0. The molecule has 5 N–H and O–H groups in total. The lowest BCUT2D eigenvalue weighted by Gasteiger charge is -2.12. The van der Waals surface area contributed by atoms with Crippen molar-refractivity contribution in [1.82, 2.24) is 0 Å². The van der Waals surface area contributed by atoms with E-state index in [-0.39, 0.29) is 0 Å². The summed E-state index contributed by atoms with van der Waals surface area (Å²) in [6.45, 7) is 4.37. The zero-order valence-electron chi connectivity index (χ0n) is 20.8. The van der Waals surface area contributed by atoms with Crippen molar-refractivity contribution in [3.05, 3.63) is 121 Å². The molecule has 0 spiro atoms. The van der Waals surface area contributed by atoms with Crippen molar-refractivity contribution in [2.24, 2.45) is 0 Å². The first kappa shape index (κ1) is 26.0. The zero-order chi connectivity index (χ0) is 24.1. The van der Waals surface area contributed by atoms with Crippen molar-refractivity contribution in [3.8, 4) is 0 Å². The second-order valence-corrected chi connectivity index (χ2v) is 8.58. The first-order chi connectivity index (χ1) is 15.9. The monoisotopic (exact) mass is 442 g/mol. The summed E-state index contributed by atoms with van der Waals surface area (Å²) >= 11 is 0. The Kier molecular flexibility index (Phi) is 11.1. The van der Waals surface area contributed by atoms with Crippen LogP contribution in [0.3, 0.4) is 0 Å². The predicted octanol–water partition coefficient (Wildman–Crippen LogP) is 4.31. The highest BCUT2D eigenvalue weighted by atomic mass is 15.1. The van der Waals surface area contributed by atoms with E-state index in [1.165, 1.54) is 32.4 Å². The second kappa shape index (κ2) is 14.0. The van der Waals surface area contributed by atoms with E-state index in [1.54, 1.807) is 0 Å². The van der Waals surface area contributed by atoms with Crippen LogP contribution in [0.4, 0.5) is 22.7 Å². The molecule has 4 aromatic rings. The summed E-state index contributed by atoms with van der Waals surface area (Å²) in [5.74, 6) is 0.591. The molecule has 0 aliphatic heterocycles. The number of hydrogen-bond donors (Lipinski definition) is 3. The number of benzene rings is 4. The standard InChI is InChI=1S/C13H13N.C9H13N.C8H11N/c1-14(12-8-4-2-5-9-12)13-10-6-3-7-11-13;1-7(2)8-5-3-4-6-9(8)10;1-9(2)8-6-4-3-5-7-8/h2-11H,1H3;3-7H,10H2,1-2H3;3-7H,1-2H3/p+3. The number of hydrogen-bond acceptors (Lipinski definition) is 0. The van der Waals surface area contributed by atoms with Gasteiger partial charge in [-0.25, -0.2) is 0 Å². The normalized spacial score (nSPS) is 10.3. The van der Waals surface area contributed by atoms with Crippen molar-refractivity contribution in [1.29, 1.82) is 0 Å². The highest BCUT2D eigenvalue weighted by Crippen LogP contribution is 2.18. The van der Waals surface area contributed by atoms with Gasteiger partial charge in [0.25, 0.3) is 0 Å². The zero-order valence-corrected chi connectivity index (χ0v) is 20.8. The van der Waals surface area contributed by atoms with Gasteiger partial charge in [-0.2, -0.15) is 0 Å². The fourth-order valence-electron chi connectivity index (χ4n) is 3.41. The van der Waals surface area contributed by atoms with E-state index in [4.69, 9.17) is 0 Å². The molecule has 0 aromatic heterocycles. The third-order valence-electron chi connectivity index (χ3n) is 5.44. The summed E-state index contributed by atoms with van der Waals surface area (Å²) in [7, 11) is 6.40. The Labute approximate surface area is 200 Å². The minimum atomic E-state index is 0.591. The lowest BCUT2D eigenvalue weighted by molar-refractivity contribution is -0.786. The van der Waals surface area contributed by atoms with Crippen molar-refractivity contribution in [2.75, 3.05) is 21.1 Å². The Morgan fingerprint density at radius 3 is 1.18 bits per heavy atom. The van der Waals surface area contributed by atoms with Crippen LogP contribution in [0.1, 0.15) is 25.3 Å². The van der Waals surface area contributed by atoms with Crippen LogP contribution in [-0.4, -0.2) is 21.1 Å². The van der Waals surface area contributed by atoms with Crippen LogP contribution < -0.4 is 15.5 Å². The van der Waals surface area contributed by atoms with Gasteiger partial charge in [0.15, 0.2) is 0 Å². The minimum absolute atomic E-state index is 0.591. The van der Waals surface area contributed by atoms with Crippen molar-refractivity contribution in [3.63, 3.8) is 0 Å². The summed E-state index contributed by atoms with van der Waals surface area (Å²) in [5, 5.41) is 0. The maximum atomic E-state index is 3.94. The van der Waals surface area contributed by atoms with Crippen LogP contribution in [0, 0.1) is 0 Å². The lowest BCUT2D eigenvalue weighted by Crippen LogP contribution is -3.00. The van der Waals surface area contributed by atoms with E-state index in [2.05, 4.69) is 132 Å². The molecule has 0 saturated carbocycles. The van der Waals surface area contributed by atoms with E-state index in [0.29, 0.717) is 5.92 Å². The summed E-state index contributed by atoms with van der Waals surface area (Å²) in [5.41, 5.74) is 10.4. The molecule has 0 radical (unpaired) electrons. The highest BCUT2D eigenvalue weighted by molar-refractivity contribution is 5.40. The molecule has 0 bridgehead atoms. The molecule has 4 aromatic carbocycles. The quantitative estimate of drug-likeness (QED) is 0.421. The highest BCUT2D eigenvalue weighted by Gasteiger charge is 2.07. The van der Waals surface area contributed by atoms with E-state index < -0.39 is 0 Å². The fraction of sp³-hybridized carbons (Fsp3) is 0.200. The third kappa shape index (κ3) is 9.03. The van der Waals surface area contributed by atoms with Crippen LogP contribution in [-0.2, 0) is 0 Å². The van der Waals surface area contributed by atoms with Gasteiger partial charge in [-0.05, 0) is 48.4 Å². The minimum Gasteiger partial charge on any atom is -0.325 e. The van der Waals surface area contributed by atoms with Gasteiger partial charge in [0, 0.05) is 5.56 Å². The van der Waals surface area contributed by atoms with Crippen LogP contribution >= 0.6 is 0 Å². The Morgan fingerprint density at radius 1 is 0.515 bits per heavy atom. The average molecular weight is 443 g/mol. The number of para-hydroxylation sites is 3. The van der Waals surface area contributed by atoms with Crippen molar-refractivity contribution >= 4 is 22.7 Å². The molecule has 0 saturated heterocycles. The molecule has 0 amide bonds. The maximum absolute atomic E-state index is 3.94. The predicted molar refractivity (Wildman–Crippen MR) is 141 cm³/mol. The van der Waals surface area contributed by atoms with Gasteiger partial charge in [0.1, 0.15) is 22.7 Å². The first-order valence-corrected chi connectivity index (χ1v) is 11.6. The Balaban J connectivity index is 0.000000181. The van der Waals surface area contributed by atoms with Gasteiger partial charge in [-0.15, -0.1) is 0 Å². The average Bonchev–Trinajstić information content (AvgIpc) is 2.86. The number of quaternary nitrogens is 3. The number of rotatable bonds is 4. The Morgan fingerprint density at radius 2 is 0.879 bits per heavy atom. The molecular formula is C30H40N3+3. The van der Waals surface area contributed by atoms with Crippen LogP contribution in [0.2, 0.25) is 0 Å². The molecular weight excluding hydrogens is 402 g/mol. The molecule has 172 valence electrons. The molecule has 0 aliphatic rings. The van der Waals surface area contributed by atoms with Gasteiger partial charge >= 0.3 is 0 Å². The topological polar surface area (TPSA) is 36.5 Å². The van der Waals surface area contributed by atoms with Gasteiger partial charge in [-0.3, -0.25) is 4.90 Å².